The molecule has 1 aromatic heterocycles. The number of amides is 1. The van der Waals surface area contributed by atoms with Gasteiger partial charge in [0, 0.05) is 6.20 Å². The normalized spacial score (nSPS) is 13.8. The molecule has 88 valence electrons. The first-order valence-corrected chi connectivity index (χ1v) is 4.77. The second-order valence-electron chi connectivity index (χ2n) is 4.17. The van der Waals surface area contributed by atoms with Gasteiger partial charge in [-0.05, 0) is 38.5 Å². The molecule has 0 spiro atoms. The number of carbonyl (C=O) groups excluding carboxylic acids is 1. The summed E-state index contributed by atoms with van der Waals surface area (Å²) in [6.45, 7) is 2.70. The molecule has 0 aliphatic carbocycles. The maximum absolute atomic E-state index is 11.5. The Morgan fingerprint density at radius 3 is 2.94 bits per heavy atom. The molecule has 1 amide bonds. The summed E-state index contributed by atoms with van der Waals surface area (Å²) in [5, 5.41) is 11.6. The molecule has 0 aliphatic rings. The van der Waals surface area contributed by atoms with Gasteiger partial charge >= 0.3 is 6.09 Å². The molecule has 0 atom stereocenters. The fourth-order valence-corrected chi connectivity index (χ4v) is 0.977. The van der Waals surface area contributed by atoms with Crippen molar-refractivity contribution in [1.29, 1.82) is 0 Å². The van der Waals surface area contributed by atoms with Gasteiger partial charge in [0.1, 0.15) is 11.4 Å². The average molecular weight is 226 g/mol. The lowest BCUT2D eigenvalue weighted by atomic mass is 10.2. The number of anilines is 1. The fourth-order valence-electron chi connectivity index (χ4n) is 0.977. The van der Waals surface area contributed by atoms with Crippen LogP contribution in [0.1, 0.15) is 29.1 Å². The van der Waals surface area contributed by atoms with Gasteiger partial charge in [-0.25, -0.2) is 9.78 Å². The largest absolute Gasteiger partial charge is 0.444 e. The number of nitrogens with zero attached hydrogens (tertiary/aromatic N) is 1. The molecule has 0 fully saturated rings. The van der Waals surface area contributed by atoms with Gasteiger partial charge in [-0.1, -0.05) is 0 Å². The number of hydrogen-bond acceptors (Lipinski definition) is 4. The lowest BCUT2D eigenvalue weighted by Crippen LogP contribution is -2.27. The predicted molar refractivity (Wildman–Crippen MR) is 60.0 cm³/mol. The highest BCUT2D eigenvalue weighted by Crippen LogP contribution is 2.11. The fraction of sp³-hybridized carbons (Fsp3) is 0.455. The van der Waals surface area contributed by atoms with Crippen molar-refractivity contribution in [3.8, 4) is 0 Å². The molecule has 1 aromatic rings. The van der Waals surface area contributed by atoms with Crippen molar-refractivity contribution in [3.63, 3.8) is 0 Å². The van der Waals surface area contributed by atoms with E-state index in [0.717, 1.165) is 0 Å². The van der Waals surface area contributed by atoms with Gasteiger partial charge in [0.2, 0.25) is 0 Å². The first-order valence-electron chi connectivity index (χ1n) is 5.77. The molecular weight excluding hydrogens is 208 g/mol. The van der Waals surface area contributed by atoms with Crippen molar-refractivity contribution in [3.05, 3.63) is 23.9 Å². The maximum Gasteiger partial charge on any atom is 0.413 e. The summed E-state index contributed by atoms with van der Waals surface area (Å²) >= 11 is 0. The highest BCUT2D eigenvalue weighted by molar-refractivity contribution is 5.83. The molecular formula is C11H16N2O3. The van der Waals surface area contributed by atoms with E-state index in [0.29, 0.717) is 0 Å². The Morgan fingerprint density at radius 2 is 2.38 bits per heavy atom. The standard InChI is InChI=1S/C11H16N2O3/c1-11(2,3)16-10(15)13-9-6-8(7-14)4-5-12-9/h4-6,14H,7H2,1-3H3,(H,12,13,15)/i7D2. The number of aromatic nitrogens is 1. The summed E-state index contributed by atoms with van der Waals surface area (Å²) in [5.74, 6) is 0.111. The number of nitrogens with one attached hydrogen (secondary N) is 1. The smallest absolute Gasteiger partial charge is 0.413 e. The topological polar surface area (TPSA) is 71.5 Å². The summed E-state index contributed by atoms with van der Waals surface area (Å²) in [5.41, 5.74) is -0.628. The summed E-state index contributed by atoms with van der Waals surface area (Å²) in [4.78, 5) is 15.3. The second-order valence-corrected chi connectivity index (χ2v) is 4.17. The minimum Gasteiger partial charge on any atom is -0.444 e. The van der Waals surface area contributed by atoms with E-state index in [1.807, 2.05) is 0 Å². The molecule has 5 nitrogen and oxygen atoms in total. The van der Waals surface area contributed by atoms with Crippen LogP contribution in [0.15, 0.2) is 18.3 Å². The zero-order chi connectivity index (χ0) is 14.0. The van der Waals surface area contributed by atoms with Crippen LogP contribution in [0.5, 0.6) is 0 Å². The van der Waals surface area contributed by atoms with Crippen LogP contribution < -0.4 is 5.32 Å². The number of rotatable bonds is 2. The SMILES string of the molecule is [2H]C([2H])(O)c1ccnc(NC(=O)OC(C)(C)C)c1. The predicted octanol–water partition coefficient (Wildman–Crippen LogP) is 1.92. The molecule has 0 saturated carbocycles. The van der Waals surface area contributed by atoms with Gasteiger partial charge < -0.3 is 9.84 Å². The first kappa shape index (κ1) is 9.59. The zero-order valence-corrected chi connectivity index (χ0v) is 9.44. The van der Waals surface area contributed by atoms with Crippen molar-refractivity contribution < 1.29 is 17.4 Å². The Kier molecular flexibility index (Phi) is 2.96. The molecule has 16 heavy (non-hydrogen) atoms. The van der Waals surface area contributed by atoms with Gasteiger partial charge in [-0.3, -0.25) is 5.32 Å². The Labute approximate surface area is 97.3 Å². The van der Waals surface area contributed by atoms with Crippen LogP contribution in [-0.2, 0) is 11.3 Å². The first-order chi connectivity index (χ1) is 8.08. The van der Waals surface area contributed by atoms with Crippen LogP contribution in [-0.4, -0.2) is 21.8 Å². The van der Waals surface area contributed by atoms with Crippen LogP contribution in [0.3, 0.4) is 0 Å². The molecule has 0 unspecified atom stereocenters. The molecule has 1 rings (SSSR count). The molecule has 0 radical (unpaired) electrons. The Hall–Kier alpha value is -1.62. The monoisotopic (exact) mass is 226 g/mol. The highest BCUT2D eigenvalue weighted by Gasteiger charge is 2.16. The van der Waals surface area contributed by atoms with Crippen LogP contribution in [0.25, 0.3) is 0 Å². The van der Waals surface area contributed by atoms with E-state index in [9.17, 15) is 9.90 Å². The lowest BCUT2D eigenvalue weighted by molar-refractivity contribution is 0.0635. The molecule has 5 heteroatoms. The van der Waals surface area contributed by atoms with Crippen molar-refractivity contribution in [1.82, 2.24) is 4.98 Å². The van der Waals surface area contributed by atoms with E-state index in [1.54, 1.807) is 20.8 Å². The number of pyridine rings is 1. The zero-order valence-electron chi connectivity index (χ0n) is 11.4. The maximum atomic E-state index is 11.5. The van der Waals surface area contributed by atoms with Crippen molar-refractivity contribution in [2.45, 2.75) is 32.9 Å². The molecule has 0 bridgehead atoms. The summed E-state index contributed by atoms with van der Waals surface area (Å²) in [7, 11) is 0. The van der Waals surface area contributed by atoms with E-state index in [4.69, 9.17) is 7.48 Å². The van der Waals surface area contributed by atoms with Crippen molar-refractivity contribution in [2.75, 3.05) is 5.32 Å². The molecule has 0 aromatic carbocycles. The van der Waals surface area contributed by atoms with Crippen molar-refractivity contribution in [2.24, 2.45) is 0 Å². The molecule has 2 N–H and O–H groups in total. The number of carbonyl (C=O) groups is 1. The van der Waals surface area contributed by atoms with Crippen LogP contribution >= 0.6 is 0 Å². The second kappa shape index (κ2) is 4.94. The third-order valence-corrected chi connectivity index (χ3v) is 1.52. The molecule has 1 heterocycles. The van der Waals surface area contributed by atoms with Gasteiger partial charge in [0.25, 0.3) is 0 Å². The minimum absolute atomic E-state index is 0.00330. The minimum atomic E-state index is -2.48. The van der Waals surface area contributed by atoms with Gasteiger partial charge in [0.15, 0.2) is 0 Å². The third-order valence-electron chi connectivity index (χ3n) is 1.52. The quantitative estimate of drug-likeness (QED) is 0.808. The van der Waals surface area contributed by atoms with Gasteiger partial charge in [0.05, 0.1) is 9.30 Å². The van der Waals surface area contributed by atoms with Crippen LogP contribution in [0.4, 0.5) is 10.6 Å². The van der Waals surface area contributed by atoms with E-state index >= 15 is 0 Å². The number of hydrogen-bond donors (Lipinski definition) is 2. The van der Waals surface area contributed by atoms with Crippen molar-refractivity contribution >= 4 is 11.9 Å². The highest BCUT2D eigenvalue weighted by atomic mass is 16.6. The van der Waals surface area contributed by atoms with Crippen LogP contribution in [0, 0.1) is 0 Å². The molecule has 0 aliphatic heterocycles. The van der Waals surface area contributed by atoms with Gasteiger partial charge in [-0.15, -0.1) is 0 Å². The van der Waals surface area contributed by atoms with E-state index in [2.05, 4.69) is 10.3 Å². The van der Waals surface area contributed by atoms with E-state index in [-0.39, 0.29) is 11.4 Å². The molecule has 0 saturated heterocycles. The van der Waals surface area contributed by atoms with E-state index in [1.165, 1.54) is 18.3 Å². The summed E-state index contributed by atoms with van der Waals surface area (Å²) in [6.07, 6.45) is 0.599. The average Bonchev–Trinajstić information content (AvgIpc) is 2.13. The number of ether oxygens (including phenoxy) is 1. The van der Waals surface area contributed by atoms with E-state index < -0.39 is 18.3 Å². The van der Waals surface area contributed by atoms with Crippen LogP contribution in [0.2, 0.25) is 0 Å². The third kappa shape index (κ3) is 4.27. The Morgan fingerprint density at radius 1 is 1.69 bits per heavy atom. The number of aliphatic hydroxyl groups is 1. The summed E-state index contributed by atoms with van der Waals surface area (Å²) in [6, 6.07) is 2.56. The Bertz CT molecular complexity index is 439. The van der Waals surface area contributed by atoms with Gasteiger partial charge in [-0.2, -0.15) is 0 Å². The summed E-state index contributed by atoms with van der Waals surface area (Å²) < 4.78 is 19.3. The lowest BCUT2D eigenvalue weighted by Gasteiger charge is -2.19. The Balaban J connectivity index is 2.77.